The third kappa shape index (κ3) is 12.4. The first kappa shape index (κ1) is 16.8. The second-order valence-electron chi connectivity index (χ2n) is 2.54. The lowest BCUT2D eigenvalue weighted by Crippen LogP contribution is -2.21. The standard InChI is InChI=1S/C6H11NO2.C2HF3O2/c1-5(7)3-4-6(8)9-2;3-2(4,5)1(6)7/h3-5H,7H2,1-2H3;(H,6,7)/b4-3+;/t5-;/m0./s1. The van der Waals surface area contributed by atoms with Crippen molar-refractivity contribution in [1.82, 2.24) is 0 Å². The van der Waals surface area contributed by atoms with Crippen molar-refractivity contribution in [2.24, 2.45) is 5.73 Å². The van der Waals surface area contributed by atoms with Gasteiger partial charge in [0.05, 0.1) is 7.11 Å². The van der Waals surface area contributed by atoms with E-state index in [0.29, 0.717) is 0 Å². The molecule has 0 saturated carbocycles. The Balaban J connectivity index is 0. The Morgan fingerprint density at radius 1 is 1.44 bits per heavy atom. The molecule has 0 radical (unpaired) electrons. The maximum Gasteiger partial charge on any atom is 0.490 e. The van der Waals surface area contributed by atoms with E-state index in [-0.39, 0.29) is 12.0 Å². The smallest absolute Gasteiger partial charge is 0.475 e. The maximum atomic E-state index is 10.6. The molecule has 1 atom stereocenters. The number of hydrogen-bond acceptors (Lipinski definition) is 4. The van der Waals surface area contributed by atoms with E-state index in [2.05, 4.69) is 4.74 Å². The number of nitrogens with two attached hydrogens (primary N) is 1. The van der Waals surface area contributed by atoms with Gasteiger partial charge >= 0.3 is 18.1 Å². The van der Waals surface area contributed by atoms with E-state index in [1.807, 2.05) is 0 Å². The molecule has 0 aromatic rings. The summed E-state index contributed by atoms with van der Waals surface area (Å²) in [5, 5.41) is 7.12. The number of aliphatic carboxylic acids is 1. The largest absolute Gasteiger partial charge is 0.490 e. The molecule has 0 rings (SSSR count). The molecule has 0 fully saturated rings. The van der Waals surface area contributed by atoms with Crippen LogP contribution in [0.5, 0.6) is 0 Å². The summed E-state index contributed by atoms with van der Waals surface area (Å²) in [7, 11) is 1.33. The quantitative estimate of drug-likeness (QED) is 0.550. The molecule has 0 aromatic carbocycles. The van der Waals surface area contributed by atoms with Gasteiger partial charge in [-0.05, 0) is 6.92 Å². The van der Waals surface area contributed by atoms with Crippen molar-refractivity contribution >= 4 is 11.9 Å². The Morgan fingerprint density at radius 3 is 2.00 bits per heavy atom. The number of hydrogen-bond donors (Lipinski definition) is 2. The van der Waals surface area contributed by atoms with Gasteiger partial charge in [-0.3, -0.25) is 0 Å². The molecule has 0 aliphatic heterocycles. The monoisotopic (exact) mass is 243 g/mol. The second-order valence-corrected chi connectivity index (χ2v) is 2.54. The van der Waals surface area contributed by atoms with E-state index in [4.69, 9.17) is 15.6 Å². The molecule has 94 valence electrons. The fraction of sp³-hybridized carbons (Fsp3) is 0.500. The van der Waals surface area contributed by atoms with Gasteiger partial charge in [0.1, 0.15) is 0 Å². The fourth-order valence-corrected chi connectivity index (χ4v) is 0.298. The summed E-state index contributed by atoms with van der Waals surface area (Å²) in [5.74, 6) is -3.13. The lowest BCUT2D eigenvalue weighted by atomic mass is 10.3. The Labute approximate surface area is 89.7 Å². The molecular weight excluding hydrogens is 231 g/mol. The van der Waals surface area contributed by atoms with Crippen LogP contribution < -0.4 is 5.73 Å². The van der Waals surface area contributed by atoms with Crippen LogP contribution in [0.25, 0.3) is 0 Å². The van der Waals surface area contributed by atoms with Gasteiger partial charge in [0, 0.05) is 12.1 Å². The molecule has 0 aliphatic carbocycles. The van der Waals surface area contributed by atoms with Gasteiger partial charge in [-0.15, -0.1) is 0 Å². The average molecular weight is 243 g/mol. The SMILES string of the molecule is COC(=O)/C=C/[C@H](C)N.O=C(O)C(F)(F)F. The van der Waals surface area contributed by atoms with Crippen LogP contribution in [-0.2, 0) is 14.3 Å². The topological polar surface area (TPSA) is 89.6 Å². The number of carbonyl (C=O) groups is 2. The van der Waals surface area contributed by atoms with Gasteiger partial charge in [0.25, 0.3) is 0 Å². The van der Waals surface area contributed by atoms with Crippen molar-refractivity contribution in [2.45, 2.75) is 19.1 Å². The fourth-order valence-electron chi connectivity index (χ4n) is 0.298. The lowest BCUT2D eigenvalue weighted by molar-refractivity contribution is -0.192. The van der Waals surface area contributed by atoms with E-state index in [1.165, 1.54) is 13.2 Å². The number of carboxylic acid groups (broad SMARTS) is 1. The van der Waals surface area contributed by atoms with Crippen molar-refractivity contribution in [3.63, 3.8) is 0 Å². The molecule has 0 heterocycles. The number of carboxylic acids is 1. The molecule has 0 amide bonds. The first-order valence-electron chi connectivity index (χ1n) is 3.93. The van der Waals surface area contributed by atoms with Gasteiger partial charge in [-0.25, -0.2) is 9.59 Å². The second kappa shape index (κ2) is 7.69. The number of alkyl halides is 3. The molecule has 0 aliphatic rings. The number of methoxy groups -OCH3 is 1. The molecule has 16 heavy (non-hydrogen) atoms. The number of halogens is 3. The van der Waals surface area contributed by atoms with E-state index in [0.717, 1.165) is 0 Å². The van der Waals surface area contributed by atoms with Crippen molar-refractivity contribution in [3.05, 3.63) is 12.2 Å². The highest BCUT2D eigenvalue weighted by atomic mass is 19.4. The number of ether oxygens (including phenoxy) is 1. The van der Waals surface area contributed by atoms with Gasteiger partial charge in [-0.2, -0.15) is 13.2 Å². The average Bonchev–Trinajstić information content (AvgIpc) is 2.13. The van der Waals surface area contributed by atoms with Crippen LogP contribution >= 0.6 is 0 Å². The van der Waals surface area contributed by atoms with Crippen molar-refractivity contribution < 1.29 is 32.6 Å². The molecular formula is C8H12F3NO4. The van der Waals surface area contributed by atoms with Crippen LogP contribution in [0.1, 0.15) is 6.92 Å². The van der Waals surface area contributed by atoms with Gasteiger partial charge in [-0.1, -0.05) is 6.08 Å². The Kier molecular flexibility index (Phi) is 8.09. The van der Waals surface area contributed by atoms with E-state index in [9.17, 15) is 18.0 Å². The van der Waals surface area contributed by atoms with Crippen LogP contribution in [0.4, 0.5) is 13.2 Å². The molecule has 0 spiro atoms. The summed E-state index contributed by atoms with van der Waals surface area (Å²) in [6.45, 7) is 1.78. The summed E-state index contributed by atoms with van der Waals surface area (Å²) in [6, 6.07) is -0.0934. The summed E-state index contributed by atoms with van der Waals surface area (Å²) in [6.07, 6.45) is -2.20. The molecule has 8 heteroatoms. The number of esters is 1. The van der Waals surface area contributed by atoms with Crippen LogP contribution in [0.2, 0.25) is 0 Å². The first-order valence-corrected chi connectivity index (χ1v) is 3.93. The predicted octanol–water partition coefficient (Wildman–Crippen LogP) is 0.696. The molecule has 0 saturated heterocycles. The third-order valence-corrected chi connectivity index (χ3v) is 0.980. The Hall–Kier alpha value is -1.57. The van der Waals surface area contributed by atoms with Crippen molar-refractivity contribution in [2.75, 3.05) is 7.11 Å². The minimum atomic E-state index is -5.08. The maximum absolute atomic E-state index is 10.6. The minimum absolute atomic E-state index is 0.0934. The van der Waals surface area contributed by atoms with Gasteiger partial charge < -0.3 is 15.6 Å². The third-order valence-electron chi connectivity index (χ3n) is 0.980. The zero-order valence-electron chi connectivity index (χ0n) is 8.62. The van der Waals surface area contributed by atoms with E-state index >= 15 is 0 Å². The summed E-state index contributed by atoms with van der Waals surface area (Å²) in [5.41, 5.74) is 5.30. The van der Waals surface area contributed by atoms with Gasteiger partial charge in [0.2, 0.25) is 0 Å². The highest BCUT2D eigenvalue weighted by molar-refractivity contribution is 5.81. The van der Waals surface area contributed by atoms with Crippen molar-refractivity contribution in [3.8, 4) is 0 Å². The van der Waals surface area contributed by atoms with E-state index in [1.54, 1.807) is 13.0 Å². The van der Waals surface area contributed by atoms with Crippen molar-refractivity contribution in [1.29, 1.82) is 0 Å². The van der Waals surface area contributed by atoms with Crippen LogP contribution in [-0.4, -0.2) is 36.4 Å². The summed E-state index contributed by atoms with van der Waals surface area (Å²) < 4.78 is 36.1. The number of rotatable bonds is 2. The van der Waals surface area contributed by atoms with Crippen LogP contribution in [0.15, 0.2) is 12.2 Å². The molecule has 5 nitrogen and oxygen atoms in total. The highest BCUT2D eigenvalue weighted by Gasteiger charge is 2.38. The number of carbonyl (C=O) groups excluding carboxylic acids is 1. The molecule has 3 N–H and O–H groups in total. The normalized spacial score (nSPS) is 12.6. The summed E-state index contributed by atoms with van der Waals surface area (Å²) in [4.78, 5) is 19.2. The van der Waals surface area contributed by atoms with Gasteiger partial charge in [0.15, 0.2) is 0 Å². The van der Waals surface area contributed by atoms with Crippen LogP contribution in [0.3, 0.4) is 0 Å². The molecule has 0 unspecified atom stereocenters. The molecule has 0 bridgehead atoms. The minimum Gasteiger partial charge on any atom is -0.475 e. The Morgan fingerprint density at radius 2 is 1.81 bits per heavy atom. The van der Waals surface area contributed by atoms with E-state index < -0.39 is 12.1 Å². The highest BCUT2D eigenvalue weighted by Crippen LogP contribution is 2.13. The zero-order chi connectivity index (χ0) is 13.4. The Bertz CT molecular complexity index is 260. The summed E-state index contributed by atoms with van der Waals surface area (Å²) >= 11 is 0. The predicted molar refractivity (Wildman–Crippen MR) is 48.5 cm³/mol. The zero-order valence-corrected chi connectivity index (χ0v) is 8.62. The lowest BCUT2D eigenvalue weighted by Gasteiger charge is -1.93. The van der Waals surface area contributed by atoms with Crippen LogP contribution in [0, 0.1) is 0 Å². The molecule has 0 aromatic heterocycles. The first-order chi connectivity index (χ1) is 7.11.